The zero-order valence-corrected chi connectivity index (χ0v) is 11.1. The standard InChI is InChI=1S/C16H18O2/c1-11(2)9-13-8-7-12-5-4-6-14(10-15(12)13)16(17)18-3/h4-8,10-11H,9H2,1-3H3. The third kappa shape index (κ3) is 2.53. The summed E-state index contributed by atoms with van der Waals surface area (Å²) in [7, 11) is 1.41. The molecule has 0 unspecified atom stereocenters. The van der Waals surface area contributed by atoms with Crippen LogP contribution in [-0.2, 0) is 11.2 Å². The molecule has 0 aromatic rings. The van der Waals surface area contributed by atoms with E-state index in [0.717, 1.165) is 12.0 Å². The van der Waals surface area contributed by atoms with Gasteiger partial charge in [-0.3, -0.25) is 0 Å². The van der Waals surface area contributed by atoms with Crippen LogP contribution in [0.1, 0.15) is 29.8 Å². The van der Waals surface area contributed by atoms with Crippen molar-refractivity contribution < 1.29 is 9.53 Å². The summed E-state index contributed by atoms with van der Waals surface area (Å²) in [6.45, 7) is 4.39. The smallest absolute Gasteiger partial charge is 0.337 e. The van der Waals surface area contributed by atoms with E-state index in [0.29, 0.717) is 11.5 Å². The summed E-state index contributed by atoms with van der Waals surface area (Å²) in [5.74, 6) is 0.312. The Morgan fingerprint density at radius 2 is 2.00 bits per heavy atom. The summed E-state index contributed by atoms with van der Waals surface area (Å²) < 4.78 is 4.79. The van der Waals surface area contributed by atoms with Crippen LogP contribution in [0.5, 0.6) is 0 Å². The second kappa shape index (κ2) is 5.21. The van der Waals surface area contributed by atoms with Crippen molar-refractivity contribution in [3.8, 4) is 11.1 Å². The third-order valence-corrected chi connectivity index (χ3v) is 3.02. The van der Waals surface area contributed by atoms with E-state index in [2.05, 4.69) is 26.0 Å². The SMILES string of the molecule is COC(=O)c1cccc2ccc(CC(C)C)c-2c1. The average Bonchev–Trinajstić information content (AvgIpc) is 2.59. The second-order valence-electron chi connectivity index (χ2n) is 4.94. The van der Waals surface area contributed by atoms with Gasteiger partial charge in [0.15, 0.2) is 0 Å². The molecule has 0 saturated carbocycles. The predicted molar refractivity (Wildman–Crippen MR) is 72.9 cm³/mol. The summed E-state index contributed by atoms with van der Waals surface area (Å²) in [4.78, 5) is 11.6. The molecule has 0 heterocycles. The van der Waals surface area contributed by atoms with Gasteiger partial charge >= 0.3 is 5.97 Å². The fourth-order valence-electron chi connectivity index (χ4n) is 2.20. The van der Waals surface area contributed by atoms with Gasteiger partial charge in [0.05, 0.1) is 12.7 Å². The molecule has 0 saturated heterocycles. The summed E-state index contributed by atoms with van der Waals surface area (Å²) in [5.41, 5.74) is 4.21. The number of fused-ring (bicyclic) bond motifs is 1. The molecule has 2 rings (SSSR count). The Labute approximate surface area is 108 Å². The van der Waals surface area contributed by atoms with E-state index in [1.807, 2.05) is 18.2 Å². The van der Waals surface area contributed by atoms with Crippen molar-refractivity contribution in [3.05, 3.63) is 47.5 Å². The van der Waals surface area contributed by atoms with Gasteiger partial charge in [-0.05, 0) is 41.2 Å². The number of carbonyl (C=O) groups excluding carboxylic acids is 1. The van der Waals surface area contributed by atoms with Gasteiger partial charge in [-0.25, -0.2) is 4.79 Å². The number of carbonyl (C=O) groups is 1. The van der Waals surface area contributed by atoms with E-state index < -0.39 is 0 Å². The van der Waals surface area contributed by atoms with Crippen molar-refractivity contribution in [1.29, 1.82) is 0 Å². The number of ether oxygens (including phenoxy) is 1. The van der Waals surface area contributed by atoms with E-state index in [9.17, 15) is 4.79 Å². The quantitative estimate of drug-likeness (QED) is 0.766. The molecule has 2 aliphatic carbocycles. The predicted octanol–water partition coefficient (Wildman–Crippen LogP) is 3.78. The van der Waals surface area contributed by atoms with Crippen molar-refractivity contribution in [3.63, 3.8) is 0 Å². The van der Waals surface area contributed by atoms with Gasteiger partial charge < -0.3 is 4.74 Å². The first-order valence-electron chi connectivity index (χ1n) is 6.22. The Bertz CT molecular complexity index is 529. The van der Waals surface area contributed by atoms with E-state index in [1.54, 1.807) is 6.07 Å². The Kier molecular flexibility index (Phi) is 3.66. The van der Waals surface area contributed by atoms with Crippen LogP contribution in [-0.4, -0.2) is 13.1 Å². The van der Waals surface area contributed by atoms with Gasteiger partial charge in [-0.2, -0.15) is 0 Å². The van der Waals surface area contributed by atoms with Crippen LogP contribution in [0.2, 0.25) is 0 Å². The second-order valence-corrected chi connectivity index (χ2v) is 4.94. The van der Waals surface area contributed by atoms with Crippen LogP contribution in [0.15, 0.2) is 36.4 Å². The molecule has 0 aromatic carbocycles. The molecule has 94 valence electrons. The molecule has 0 aliphatic heterocycles. The third-order valence-electron chi connectivity index (χ3n) is 3.02. The van der Waals surface area contributed by atoms with Crippen molar-refractivity contribution >= 4 is 5.97 Å². The van der Waals surface area contributed by atoms with Gasteiger partial charge in [0.25, 0.3) is 0 Å². The highest BCUT2D eigenvalue weighted by Gasteiger charge is 2.12. The molecule has 2 heteroatoms. The first kappa shape index (κ1) is 12.6. The highest BCUT2D eigenvalue weighted by molar-refractivity contribution is 5.91. The molecule has 0 spiro atoms. The lowest BCUT2D eigenvalue weighted by molar-refractivity contribution is 0.0601. The molecular weight excluding hydrogens is 224 g/mol. The van der Waals surface area contributed by atoms with Crippen LogP contribution in [0, 0.1) is 5.92 Å². The summed E-state index contributed by atoms with van der Waals surface area (Å²) in [6.07, 6.45) is 1.02. The number of methoxy groups -OCH3 is 1. The van der Waals surface area contributed by atoms with Crippen LogP contribution in [0.25, 0.3) is 11.1 Å². The Balaban J connectivity index is 2.49. The summed E-state index contributed by atoms with van der Waals surface area (Å²) in [5, 5.41) is 0. The summed E-state index contributed by atoms with van der Waals surface area (Å²) in [6, 6.07) is 11.9. The molecule has 0 fully saturated rings. The molecule has 18 heavy (non-hydrogen) atoms. The van der Waals surface area contributed by atoms with Crippen molar-refractivity contribution in [2.24, 2.45) is 5.92 Å². The Morgan fingerprint density at radius 1 is 1.22 bits per heavy atom. The minimum absolute atomic E-state index is 0.288. The maximum absolute atomic E-state index is 11.6. The number of hydrogen-bond donors (Lipinski definition) is 0. The topological polar surface area (TPSA) is 26.3 Å². The monoisotopic (exact) mass is 242 g/mol. The average molecular weight is 242 g/mol. The number of hydrogen-bond acceptors (Lipinski definition) is 2. The lowest BCUT2D eigenvalue weighted by Gasteiger charge is -2.05. The zero-order chi connectivity index (χ0) is 13.1. The molecule has 0 N–H and O–H groups in total. The highest BCUT2D eigenvalue weighted by atomic mass is 16.5. The van der Waals surface area contributed by atoms with E-state index >= 15 is 0 Å². The normalized spacial score (nSPS) is 10.9. The lowest BCUT2D eigenvalue weighted by atomic mass is 10.00. The molecule has 0 aromatic heterocycles. The zero-order valence-electron chi connectivity index (χ0n) is 11.1. The van der Waals surface area contributed by atoms with Crippen molar-refractivity contribution in [1.82, 2.24) is 0 Å². The van der Waals surface area contributed by atoms with Crippen molar-refractivity contribution in [2.45, 2.75) is 20.3 Å². The minimum atomic E-state index is -0.288. The molecule has 0 bridgehead atoms. The van der Waals surface area contributed by atoms with E-state index in [4.69, 9.17) is 4.74 Å². The highest BCUT2D eigenvalue weighted by Crippen LogP contribution is 2.29. The Morgan fingerprint density at radius 3 is 2.67 bits per heavy atom. The summed E-state index contributed by atoms with van der Waals surface area (Å²) >= 11 is 0. The molecule has 2 aliphatic rings. The fourth-order valence-corrected chi connectivity index (χ4v) is 2.20. The van der Waals surface area contributed by atoms with Gasteiger partial charge in [-0.1, -0.05) is 38.1 Å². The number of rotatable bonds is 3. The first-order valence-corrected chi connectivity index (χ1v) is 6.22. The first-order chi connectivity index (χ1) is 8.61. The molecular formula is C16H18O2. The van der Waals surface area contributed by atoms with Gasteiger partial charge in [0, 0.05) is 0 Å². The molecule has 0 radical (unpaired) electrons. The van der Waals surface area contributed by atoms with Crippen LogP contribution < -0.4 is 0 Å². The van der Waals surface area contributed by atoms with Crippen LogP contribution in [0.4, 0.5) is 0 Å². The van der Waals surface area contributed by atoms with Gasteiger partial charge in [-0.15, -0.1) is 0 Å². The molecule has 0 atom stereocenters. The lowest BCUT2D eigenvalue weighted by Crippen LogP contribution is -2.00. The van der Waals surface area contributed by atoms with E-state index in [-0.39, 0.29) is 5.97 Å². The largest absolute Gasteiger partial charge is 0.465 e. The molecule has 0 amide bonds. The maximum Gasteiger partial charge on any atom is 0.337 e. The number of esters is 1. The fraction of sp³-hybridized carbons (Fsp3) is 0.312. The van der Waals surface area contributed by atoms with Gasteiger partial charge in [0.2, 0.25) is 0 Å². The minimum Gasteiger partial charge on any atom is -0.465 e. The van der Waals surface area contributed by atoms with Gasteiger partial charge in [0.1, 0.15) is 0 Å². The Hall–Kier alpha value is -1.83. The van der Waals surface area contributed by atoms with E-state index in [1.165, 1.54) is 18.2 Å². The van der Waals surface area contributed by atoms with Crippen LogP contribution >= 0.6 is 0 Å². The van der Waals surface area contributed by atoms with Crippen LogP contribution in [0.3, 0.4) is 0 Å². The maximum atomic E-state index is 11.6. The molecule has 2 nitrogen and oxygen atoms in total. The van der Waals surface area contributed by atoms with Crippen molar-refractivity contribution in [2.75, 3.05) is 7.11 Å².